The highest BCUT2D eigenvalue weighted by atomic mass is 35.5. The second-order valence-electron chi connectivity index (χ2n) is 5.61. The molecule has 1 aliphatic carbocycles. The van der Waals surface area contributed by atoms with E-state index in [0.717, 1.165) is 25.0 Å². The zero-order valence-corrected chi connectivity index (χ0v) is 13.9. The molecule has 1 aromatic heterocycles. The highest BCUT2D eigenvalue weighted by Crippen LogP contribution is 2.32. The van der Waals surface area contributed by atoms with Crippen LogP contribution < -0.4 is 5.32 Å². The smallest absolute Gasteiger partial charge is 0.282 e. The zero-order valence-electron chi connectivity index (χ0n) is 12.3. The van der Waals surface area contributed by atoms with Crippen molar-refractivity contribution < 1.29 is 9.72 Å². The standard InChI is InChI=1S/C15H14ClN3O3S/c1-8-2-4-11-13(6-8)23-15(17-11)18-14(20)10-7-9(16)3-5-12(10)19(21)22/h3,5,7-8H,2,4,6H2,1H3,(H,17,18,20)/t8-/m0/s1. The van der Waals surface area contributed by atoms with Gasteiger partial charge in [-0.2, -0.15) is 0 Å². The molecule has 0 radical (unpaired) electrons. The van der Waals surface area contributed by atoms with Gasteiger partial charge in [-0.1, -0.05) is 18.5 Å². The van der Waals surface area contributed by atoms with Crippen LogP contribution in [-0.4, -0.2) is 15.8 Å². The van der Waals surface area contributed by atoms with E-state index in [9.17, 15) is 14.9 Å². The lowest BCUT2D eigenvalue weighted by Gasteiger charge is -2.15. The number of nitrogens with one attached hydrogen (secondary N) is 1. The number of anilines is 1. The monoisotopic (exact) mass is 351 g/mol. The molecule has 1 N–H and O–H groups in total. The predicted molar refractivity (Wildman–Crippen MR) is 89.4 cm³/mol. The summed E-state index contributed by atoms with van der Waals surface area (Å²) in [5, 5.41) is 14.5. The minimum Gasteiger partial charge on any atom is -0.298 e. The Balaban J connectivity index is 1.85. The molecule has 2 aromatic rings. The number of nitro groups is 1. The molecule has 0 fully saturated rings. The van der Waals surface area contributed by atoms with E-state index in [1.807, 2.05) is 0 Å². The van der Waals surface area contributed by atoms with Crippen LogP contribution in [0.4, 0.5) is 10.8 Å². The molecule has 0 spiro atoms. The number of hydrogen-bond donors (Lipinski definition) is 1. The second kappa shape index (κ2) is 6.25. The Labute approximate surface area is 141 Å². The number of hydrogen-bond acceptors (Lipinski definition) is 5. The van der Waals surface area contributed by atoms with Crippen LogP contribution in [0.15, 0.2) is 18.2 Å². The molecular weight excluding hydrogens is 338 g/mol. The minimum atomic E-state index is -0.597. The number of rotatable bonds is 3. The number of nitrogens with zero attached hydrogens (tertiary/aromatic N) is 2. The van der Waals surface area contributed by atoms with E-state index in [0.29, 0.717) is 11.0 Å². The number of carbonyl (C=O) groups excluding carboxylic acids is 1. The summed E-state index contributed by atoms with van der Waals surface area (Å²) in [5.41, 5.74) is 0.676. The van der Waals surface area contributed by atoms with Crippen molar-refractivity contribution in [1.82, 2.24) is 4.98 Å². The van der Waals surface area contributed by atoms with Gasteiger partial charge < -0.3 is 0 Å². The average molecular weight is 352 g/mol. The number of aryl methyl sites for hydroxylation is 1. The topological polar surface area (TPSA) is 85.1 Å². The maximum absolute atomic E-state index is 12.4. The summed E-state index contributed by atoms with van der Waals surface area (Å²) < 4.78 is 0. The highest BCUT2D eigenvalue weighted by molar-refractivity contribution is 7.15. The molecule has 3 rings (SSSR count). The summed E-state index contributed by atoms with van der Waals surface area (Å²) in [5.74, 6) is 0.0406. The van der Waals surface area contributed by atoms with Crippen molar-refractivity contribution in [2.75, 3.05) is 5.32 Å². The van der Waals surface area contributed by atoms with E-state index < -0.39 is 10.8 Å². The largest absolute Gasteiger partial charge is 0.298 e. The molecule has 0 bridgehead atoms. The van der Waals surface area contributed by atoms with E-state index >= 15 is 0 Å². The summed E-state index contributed by atoms with van der Waals surface area (Å²) in [6, 6.07) is 3.91. The fraction of sp³-hybridized carbons (Fsp3) is 0.333. The quantitative estimate of drug-likeness (QED) is 0.666. The van der Waals surface area contributed by atoms with Crippen LogP contribution >= 0.6 is 22.9 Å². The lowest BCUT2D eigenvalue weighted by molar-refractivity contribution is -0.385. The number of benzene rings is 1. The summed E-state index contributed by atoms with van der Waals surface area (Å²) >= 11 is 7.29. The number of thiazole rings is 1. The van der Waals surface area contributed by atoms with E-state index in [1.165, 1.54) is 34.4 Å². The molecule has 1 aliphatic rings. The van der Waals surface area contributed by atoms with Crippen molar-refractivity contribution >= 4 is 39.7 Å². The van der Waals surface area contributed by atoms with Gasteiger partial charge in [-0.15, -0.1) is 11.3 Å². The third-order valence-corrected chi connectivity index (χ3v) is 5.08. The maximum Gasteiger partial charge on any atom is 0.282 e. The third kappa shape index (κ3) is 3.35. The molecule has 1 atom stereocenters. The molecule has 23 heavy (non-hydrogen) atoms. The van der Waals surface area contributed by atoms with Gasteiger partial charge in [0.05, 0.1) is 10.6 Å². The molecule has 0 saturated heterocycles. The van der Waals surface area contributed by atoms with Crippen molar-refractivity contribution in [1.29, 1.82) is 0 Å². The van der Waals surface area contributed by atoms with Gasteiger partial charge in [-0.25, -0.2) is 4.98 Å². The van der Waals surface area contributed by atoms with Crippen LogP contribution in [0.5, 0.6) is 0 Å². The molecule has 0 aliphatic heterocycles. The molecule has 120 valence electrons. The maximum atomic E-state index is 12.4. The van der Waals surface area contributed by atoms with Crippen LogP contribution in [0.25, 0.3) is 0 Å². The SMILES string of the molecule is C[C@H]1CCc2nc(NC(=O)c3cc(Cl)ccc3[N+](=O)[O-])sc2C1. The van der Waals surface area contributed by atoms with E-state index in [-0.39, 0.29) is 16.3 Å². The summed E-state index contributed by atoms with van der Waals surface area (Å²) in [6.45, 7) is 2.19. The van der Waals surface area contributed by atoms with Crippen molar-refractivity contribution in [2.24, 2.45) is 5.92 Å². The predicted octanol–water partition coefficient (Wildman–Crippen LogP) is 4.08. The van der Waals surface area contributed by atoms with Gasteiger partial charge in [0.1, 0.15) is 5.56 Å². The summed E-state index contributed by atoms with van der Waals surface area (Å²) in [4.78, 5) is 28.4. The van der Waals surface area contributed by atoms with Gasteiger partial charge in [0, 0.05) is 16.0 Å². The van der Waals surface area contributed by atoms with Crippen molar-refractivity contribution in [3.05, 3.63) is 49.5 Å². The number of amides is 1. The first-order valence-electron chi connectivity index (χ1n) is 7.18. The van der Waals surface area contributed by atoms with Gasteiger partial charge >= 0.3 is 0 Å². The Kier molecular flexibility index (Phi) is 4.32. The number of fused-ring (bicyclic) bond motifs is 1. The summed E-state index contributed by atoms with van der Waals surface area (Å²) in [7, 11) is 0. The van der Waals surface area contributed by atoms with Crippen molar-refractivity contribution in [2.45, 2.75) is 26.2 Å². The molecule has 1 amide bonds. The molecule has 0 unspecified atom stereocenters. The second-order valence-corrected chi connectivity index (χ2v) is 7.13. The number of halogens is 1. The Morgan fingerprint density at radius 2 is 2.30 bits per heavy atom. The first-order chi connectivity index (χ1) is 10.9. The number of carbonyl (C=O) groups is 1. The Morgan fingerprint density at radius 1 is 1.52 bits per heavy atom. The van der Waals surface area contributed by atoms with Crippen molar-refractivity contribution in [3.63, 3.8) is 0 Å². The van der Waals surface area contributed by atoms with Crippen LogP contribution in [0.3, 0.4) is 0 Å². The Morgan fingerprint density at radius 3 is 3.04 bits per heavy atom. The molecule has 1 heterocycles. The minimum absolute atomic E-state index is 0.0657. The van der Waals surface area contributed by atoms with Gasteiger partial charge in [0.25, 0.3) is 11.6 Å². The van der Waals surface area contributed by atoms with Crippen LogP contribution in [0.1, 0.15) is 34.3 Å². The fourth-order valence-electron chi connectivity index (χ4n) is 2.61. The molecule has 0 saturated carbocycles. The van der Waals surface area contributed by atoms with Gasteiger partial charge in [-0.05, 0) is 37.3 Å². The van der Waals surface area contributed by atoms with Crippen LogP contribution in [0, 0.1) is 16.0 Å². The molecule has 1 aromatic carbocycles. The third-order valence-electron chi connectivity index (χ3n) is 3.81. The normalized spacial score (nSPS) is 16.7. The van der Waals surface area contributed by atoms with E-state index in [1.54, 1.807) is 0 Å². The van der Waals surface area contributed by atoms with E-state index in [4.69, 9.17) is 11.6 Å². The molecule has 6 nitrogen and oxygen atoms in total. The summed E-state index contributed by atoms with van der Waals surface area (Å²) in [6.07, 6.45) is 2.95. The van der Waals surface area contributed by atoms with Crippen LogP contribution in [0.2, 0.25) is 5.02 Å². The van der Waals surface area contributed by atoms with Crippen molar-refractivity contribution in [3.8, 4) is 0 Å². The highest BCUT2D eigenvalue weighted by Gasteiger charge is 2.24. The molecule has 8 heteroatoms. The molecular formula is C15H14ClN3O3S. The first-order valence-corrected chi connectivity index (χ1v) is 8.37. The van der Waals surface area contributed by atoms with Gasteiger partial charge in [0.15, 0.2) is 5.13 Å². The Bertz CT molecular complexity index is 790. The zero-order chi connectivity index (χ0) is 16.6. The number of nitro benzene ring substituents is 1. The van der Waals surface area contributed by atoms with Crippen LogP contribution in [-0.2, 0) is 12.8 Å². The number of aromatic nitrogens is 1. The first kappa shape index (κ1) is 15.9. The van der Waals surface area contributed by atoms with Gasteiger partial charge in [-0.3, -0.25) is 20.2 Å². The fourth-order valence-corrected chi connectivity index (χ4v) is 3.95. The lowest BCUT2D eigenvalue weighted by Crippen LogP contribution is -2.14. The lowest BCUT2D eigenvalue weighted by atomic mass is 9.93. The Hall–Kier alpha value is -1.99. The average Bonchev–Trinajstić information content (AvgIpc) is 2.88. The van der Waals surface area contributed by atoms with Gasteiger partial charge in [0.2, 0.25) is 0 Å². The van der Waals surface area contributed by atoms with E-state index in [2.05, 4.69) is 17.2 Å².